The van der Waals surface area contributed by atoms with Gasteiger partial charge in [0.05, 0.1) is 29.0 Å². The van der Waals surface area contributed by atoms with Gasteiger partial charge in [0.25, 0.3) is 5.91 Å². The van der Waals surface area contributed by atoms with Gasteiger partial charge in [-0.3, -0.25) is 10.1 Å². The molecule has 1 saturated heterocycles. The van der Waals surface area contributed by atoms with E-state index in [-0.39, 0.29) is 12.0 Å². The molecule has 1 aliphatic rings. The van der Waals surface area contributed by atoms with Crippen LogP contribution in [0.1, 0.15) is 28.8 Å². The molecule has 6 nitrogen and oxygen atoms in total. The molecule has 1 amide bonds. The molecule has 0 radical (unpaired) electrons. The smallest absolute Gasteiger partial charge is 0.259 e. The van der Waals surface area contributed by atoms with Crippen molar-refractivity contribution in [1.29, 1.82) is 0 Å². The number of hydrogen-bond acceptors (Lipinski definition) is 6. The number of thiazole rings is 1. The normalized spacial score (nSPS) is 15.1. The van der Waals surface area contributed by atoms with Gasteiger partial charge < -0.3 is 9.47 Å². The van der Waals surface area contributed by atoms with E-state index in [0.29, 0.717) is 29.8 Å². The number of aryl methyl sites for hydroxylation is 1. The summed E-state index contributed by atoms with van der Waals surface area (Å²) in [5.74, 6) is 0.301. The fourth-order valence-corrected chi connectivity index (χ4v) is 3.76. The number of amides is 1. The van der Waals surface area contributed by atoms with Crippen LogP contribution in [-0.2, 0) is 4.74 Å². The summed E-state index contributed by atoms with van der Waals surface area (Å²) >= 11 is 1.46. The molecule has 1 fully saturated rings. The first-order chi connectivity index (χ1) is 12.7. The number of fused-ring (bicyclic) bond motifs is 1. The van der Waals surface area contributed by atoms with Gasteiger partial charge in [-0.2, -0.15) is 0 Å². The fourth-order valence-electron chi connectivity index (χ4n) is 2.80. The van der Waals surface area contributed by atoms with Gasteiger partial charge in [-0.05, 0) is 30.7 Å². The molecular weight excluding hydrogens is 350 g/mol. The number of nitrogens with zero attached hydrogens (tertiary/aromatic N) is 2. The zero-order chi connectivity index (χ0) is 17.9. The van der Waals surface area contributed by atoms with E-state index in [9.17, 15) is 4.79 Å². The molecule has 0 atom stereocenters. The van der Waals surface area contributed by atoms with E-state index in [1.165, 1.54) is 23.1 Å². The van der Waals surface area contributed by atoms with Crippen molar-refractivity contribution in [2.45, 2.75) is 25.9 Å². The van der Waals surface area contributed by atoms with E-state index in [0.717, 1.165) is 23.1 Å². The largest absolute Gasteiger partial charge is 0.474 e. The first kappa shape index (κ1) is 16.9. The lowest BCUT2D eigenvalue weighted by Crippen LogP contribution is -2.26. The summed E-state index contributed by atoms with van der Waals surface area (Å²) in [6.45, 7) is 3.47. The highest BCUT2D eigenvalue weighted by Crippen LogP contribution is 2.27. The van der Waals surface area contributed by atoms with Gasteiger partial charge in [0.2, 0.25) is 5.88 Å². The van der Waals surface area contributed by atoms with Crippen LogP contribution in [0.3, 0.4) is 0 Å². The lowest BCUT2D eigenvalue weighted by Gasteiger charge is -2.22. The minimum absolute atomic E-state index is 0.127. The van der Waals surface area contributed by atoms with Crippen molar-refractivity contribution in [1.82, 2.24) is 9.97 Å². The molecule has 1 N–H and O–H groups in total. The predicted molar refractivity (Wildman–Crippen MR) is 101 cm³/mol. The van der Waals surface area contributed by atoms with Crippen LogP contribution in [0.2, 0.25) is 0 Å². The zero-order valence-electron chi connectivity index (χ0n) is 14.4. The van der Waals surface area contributed by atoms with Gasteiger partial charge in [0, 0.05) is 25.1 Å². The van der Waals surface area contributed by atoms with Gasteiger partial charge >= 0.3 is 0 Å². The molecule has 7 heteroatoms. The summed E-state index contributed by atoms with van der Waals surface area (Å²) in [6, 6.07) is 9.47. The molecule has 0 bridgehead atoms. The second-order valence-electron chi connectivity index (χ2n) is 6.26. The Balaban J connectivity index is 1.42. The van der Waals surface area contributed by atoms with E-state index in [1.54, 1.807) is 12.1 Å². The first-order valence-electron chi connectivity index (χ1n) is 8.56. The monoisotopic (exact) mass is 369 g/mol. The van der Waals surface area contributed by atoms with Crippen LogP contribution in [0.5, 0.6) is 5.88 Å². The standard InChI is InChI=1S/C19H19N3O3S/c1-12-2-4-15-16(10-12)26-19(21-15)22-18(23)13-3-5-17(20-11-13)25-14-6-8-24-9-7-14/h2-5,10-11,14H,6-9H2,1H3,(H,21,22,23). The van der Waals surface area contributed by atoms with E-state index < -0.39 is 0 Å². The molecule has 0 spiro atoms. The number of carbonyl (C=O) groups excluding carboxylic acids is 1. The number of anilines is 1. The fraction of sp³-hybridized carbons (Fsp3) is 0.316. The van der Waals surface area contributed by atoms with Crippen LogP contribution >= 0.6 is 11.3 Å². The third-order valence-corrected chi connectivity index (χ3v) is 5.15. The predicted octanol–water partition coefficient (Wildman–Crippen LogP) is 3.81. The SMILES string of the molecule is Cc1ccc2nc(NC(=O)c3ccc(OC4CCOCC4)nc3)sc2c1. The number of pyridine rings is 1. The van der Waals surface area contributed by atoms with Gasteiger partial charge in [-0.15, -0.1) is 0 Å². The van der Waals surface area contributed by atoms with Crippen LogP contribution in [0.15, 0.2) is 36.5 Å². The minimum atomic E-state index is -0.231. The number of aromatic nitrogens is 2. The van der Waals surface area contributed by atoms with E-state index in [1.807, 2.05) is 19.1 Å². The Kier molecular flexibility index (Phi) is 4.81. The Morgan fingerprint density at radius 3 is 2.88 bits per heavy atom. The average molecular weight is 369 g/mol. The first-order valence-corrected chi connectivity index (χ1v) is 9.38. The highest BCUT2D eigenvalue weighted by molar-refractivity contribution is 7.22. The van der Waals surface area contributed by atoms with Gasteiger partial charge in [0.15, 0.2) is 5.13 Å². The lowest BCUT2D eigenvalue weighted by atomic mass is 10.1. The van der Waals surface area contributed by atoms with Crippen molar-refractivity contribution in [3.8, 4) is 5.88 Å². The van der Waals surface area contributed by atoms with E-state index >= 15 is 0 Å². The minimum Gasteiger partial charge on any atom is -0.474 e. The zero-order valence-corrected chi connectivity index (χ0v) is 15.2. The summed E-state index contributed by atoms with van der Waals surface area (Å²) in [4.78, 5) is 21.1. The third kappa shape index (κ3) is 3.84. The highest BCUT2D eigenvalue weighted by atomic mass is 32.1. The number of carbonyl (C=O) groups is 1. The number of nitrogens with one attached hydrogen (secondary N) is 1. The van der Waals surface area contributed by atoms with Crippen molar-refractivity contribution in [3.05, 3.63) is 47.7 Å². The Morgan fingerprint density at radius 2 is 2.12 bits per heavy atom. The van der Waals surface area contributed by atoms with Crippen LogP contribution < -0.4 is 10.1 Å². The summed E-state index contributed by atoms with van der Waals surface area (Å²) in [7, 11) is 0. The summed E-state index contributed by atoms with van der Waals surface area (Å²) in [5, 5.41) is 3.42. The molecule has 0 unspecified atom stereocenters. The average Bonchev–Trinajstić information content (AvgIpc) is 3.04. The van der Waals surface area contributed by atoms with Crippen LogP contribution in [0.4, 0.5) is 5.13 Å². The molecule has 2 aromatic heterocycles. The van der Waals surface area contributed by atoms with Crippen molar-refractivity contribution >= 4 is 32.6 Å². The van der Waals surface area contributed by atoms with Crippen LogP contribution in [-0.4, -0.2) is 35.2 Å². The summed E-state index contributed by atoms with van der Waals surface area (Å²) in [5.41, 5.74) is 2.53. The topological polar surface area (TPSA) is 73.3 Å². The second kappa shape index (κ2) is 7.39. The van der Waals surface area contributed by atoms with Gasteiger partial charge in [-0.1, -0.05) is 17.4 Å². The van der Waals surface area contributed by atoms with Crippen molar-refractivity contribution in [2.24, 2.45) is 0 Å². The van der Waals surface area contributed by atoms with Crippen molar-refractivity contribution < 1.29 is 14.3 Å². The third-order valence-electron chi connectivity index (χ3n) is 4.22. The van der Waals surface area contributed by atoms with E-state index in [2.05, 4.69) is 21.4 Å². The highest BCUT2D eigenvalue weighted by Gasteiger charge is 2.16. The maximum absolute atomic E-state index is 12.4. The Bertz CT molecular complexity index is 917. The molecule has 3 heterocycles. The maximum Gasteiger partial charge on any atom is 0.259 e. The molecule has 134 valence electrons. The lowest BCUT2D eigenvalue weighted by molar-refractivity contribution is 0.0237. The Morgan fingerprint density at radius 1 is 1.27 bits per heavy atom. The molecular formula is C19H19N3O3S. The maximum atomic E-state index is 12.4. The van der Waals surface area contributed by atoms with Crippen LogP contribution in [0.25, 0.3) is 10.2 Å². The summed E-state index contributed by atoms with van der Waals surface area (Å²) < 4.78 is 12.2. The number of hydrogen-bond donors (Lipinski definition) is 1. The van der Waals surface area contributed by atoms with Gasteiger partial charge in [0.1, 0.15) is 6.10 Å². The van der Waals surface area contributed by atoms with Crippen LogP contribution in [0, 0.1) is 6.92 Å². The van der Waals surface area contributed by atoms with Crippen molar-refractivity contribution in [3.63, 3.8) is 0 Å². The van der Waals surface area contributed by atoms with E-state index in [4.69, 9.17) is 9.47 Å². The number of rotatable bonds is 4. The molecule has 1 aliphatic heterocycles. The molecule has 0 aliphatic carbocycles. The van der Waals surface area contributed by atoms with Gasteiger partial charge in [-0.25, -0.2) is 9.97 Å². The molecule has 4 rings (SSSR count). The van der Waals surface area contributed by atoms with Crippen molar-refractivity contribution in [2.75, 3.05) is 18.5 Å². The molecule has 3 aromatic rings. The summed E-state index contributed by atoms with van der Waals surface area (Å²) in [6.07, 6.45) is 3.38. The molecule has 26 heavy (non-hydrogen) atoms. The second-order valence-corrected chi connectivity index (χ2v) is 7.29. The molecule has 0 saturated carbocycles. The Hall–Kier alpha value is -2.51. The molecule has 1 aromatic carbocycles. The number of benzene rings is 1. The quantitative estimate of drug-likeness (QED) is 0.757. The Labute approximate surface area is 155 Å². The number of ether oxygens (including phenoxy) is 2.